The van der Waals surface area contributed by atoms with Gasteiger partial charge in [-0.3, -0.25) is 5.43 Å². The lowest BCUT2D eigenvalue weighted by atomic mass is 10.3. The van der Waals surface area contributed by atoms with Crippen LogP contribution in [0.15, 0.2) is 41.8 Å². The first-order valence-electron chi connectivity index (χ1n) is 4.77. The third-order valence-corrected chi connectivity index (χ3v) is 2.08. The van der Waals surface area contributed by atoms with Gasteiger partial charge in [-0.25, -0.2) is 9.37 Å². The molecule has 4 nitrogen and oxygen atoms in total. The van der Waals surface area contributed by atoms with Gasteiger partial charge in [0, 0.05) is 19.4 Å². The molecule has 5 heteroatoms. The van der Waals surface area contributed by atoms with Gasteiger partial charge in [0.2, 0.25) is 0 Å². The zero-order valence-electron chi connectivity index (χ0n) is 8.76. The Morgan fingerprint density at radius 3 is 2.75 bits per heavy atom. The van der Waals surface area contributed by atoms with Crippen LogP contribution < -0.4 is 5.43 Å². The first-order chi connectivity index (χ1) is 7.75. The molecule has 0 fully saturated rings. The normalized spacial score (nSPS) is 10.9. The highest BCUT2D eigenvalue weighted by Gasteiger charge is 1.93. The molecule has 0 saturated heterocycles. The minimum atomic E-state index is -0.265. The number of halogens is 1. The standard InChI is InChI=1S/C11H11FN4/c1-16-7-6-13-11(16)8-14-15-10-4-2-9(12)3-5-10/h2-8,15H,1H3/b14-8+. The SMILES string of the molecule is Cn1ccnc1/C=N/Nc1ccc(F)cc1. The number of rotatable bonds is 3. The number of hydrogen-bond acceptors (Lipinski definition) is 3. The molecule has 0 radical (unpaired) electrons. The van der Waals surface area contributed by atoms with Crippen LogP contribution in [0.3, 0.4) is 0 Å². The second-order valence-corrected chi connectivity index (χ2v) is 3.27. The van der Waals surface area contributed by atoms with Crippen LogP contribution in [0.2, 0.25) is 0 Å². The molecule has 2 aromatic rings. The van der Waals surface area contributed by atoms with Gasteiger partial charge in [-0.05, 0) is 24.3 Å². The highest BCUT2D eigenvalue weighted by molar-refractivity contribution is 5.75. The van der Waals surface area contributed by atoms with E-state index in [4.69, 9.17) is 0 Å². The molecule has 0 unspecified atom stereocenters. The summed E-state index contributed by atoms with van der Waals surface area (Å²) in [7, 11) is 1.88. The molecule has 0 aliphatic rings. The van der Waals surface area contributed by atoms with Gasteiger partial charge in [-0.2, -0.15) is 5.10 Å². The van der Waals surface area contributed by atoms with Crippen molar-refractivity contribution in [3.05, 3.63) is 48.3 Å². The van der Waals surface area contributed by atoms with E-state index in [2.05, 4.69) is 15.5 Å². The fourth-order valence-electron chi connectivity index (χ4n) is 1.19. The molecule has 0 aliphatic heterocycles. The smallest absolute Gasteiger partial charge is 0.152 e. The van der Waals surface area contributed by atoms with Gasteiger partial charge in [0.15, 0.2) is 5.82 Å². The maximum absolute atomic E-state index is 12.6. The van der Waals surface area contributed by atoms with Crippen LogP contribution in [0, 0.1) is 5.82 Å². The summed E-state index contributed by atoms with van der Waals surface area (Å²) in [5.41, 5.74) is 3.52. The molecule has 0 aliphatic carbocycles. The Labute approximate surface area is 92.4 Å². The maximum Gasteiger partial charge on any atom is 0.152 e. The van der Waals surface area contributed by atoms with Gasteiger partial charge >= 0.3 is 0 Å². The Morgan fingerprint density at radius 2 is 2.12 bits per heavy atom. The molecule has 16 heavy (non-hydrogen) atoms. The van der Waals surface area contributed by atoms with Crippen molar-refractivity contribution in [2.45, 2.75) is 0 Å². The number of hydrogen-bond donors (Lipinski definition) is 1. The first kappa shape index (κ1) is 10.4. The number of aryl methyl sites for hydroxylation is 1. The number of aromatic nitrogens is 2. The number of benzene rings is 1. The Morgan fingerprint density at radius 1 is 1.38 bits per heavy atom. The average molecular weight is 218 g/mol. The van der Waals surface area contributed by atoms with Crippen molar-refractivity contribution in [3.8, 4) is 0 Å². The summed E-state index contributed by atoms with van der Waals surface area (Å²) in [4.78, 5) is 4.07. The first-order valence-corrected chi connectivity index (χ1v) is 4.77. The van der Waals surface area contributed by atoms with Crippen LogP contribution in [-0.4, -0.2) is 15.8 Å². The highest BCUT2D eigenvalue weighted by Crippen LogP contribution is 2.07. The van der Waals surface area contributed by atoms with Crippen molar-refractivity contribution in [1.82, 2.24) is 9.55 Å². The van der Waals surface area contributed by atoms with Gasteiger partial charge in [-0.15, -0.1) is 0 Å². The molecule has 0 spiro atoms. The van der Waals surface area contributed by atoms with Gasteiger partial charge < -0.3 is 4.57 Å². The zero-order valence-corrected chi connectivity index (χ0v) is 8.76. The summed E-state index contributed by atoms with van der Waals surface area (Å²) in [6.45, 7) is 0. The Hall–Kier alpha value is -2.17. The molecular formula is C11H11FN4. The van der Waals surface area contributed by atoms with Gasteiger partial charge in [-0.1, -0.05) is 0 Å². The highest BCUT2D eigenvalue weighted by atomic mass is 19.1. The van der Waals surface area contributed by atoms with Crippen LogP contribution >= 0.6 is 0 Å². The quantitative estimate of drug-likeness (QED) is 0.632. The number of hydrazone groups is 1. The molecule has 0 amide bonds. The summed E-state index contributed by atoms with van der Waals surface area (Å²) in [6.07, 6.45) is 5.13. The largest absolute Gasteiger partial charge is 0.333 e. The third kappa shape index (κ3) is 2.44. The summed E-state index contributed by atoms with van der Waals surface area (Å²) in [5, 5.41) is 3.99. The van der Waals surface area contributed by atoms with Crippen molar-refractivity contribution >= 4 is 11.9 Å². The third-order valence-electron chi connectivity index (χ3n) is 2.08. The van der Waals surface area contributed by atoms with Crippen molar-refractivity contribution in [3.63, 3.8) is 0 Å². The van der Waals surface area contributed by atoms with Crippen molar-refractivity contribution in [1.29, 1.82) is 0 Å². The Kier molecular flexibility index (Phi) is 2.95. The molecule has 82 valence electrons. The molecule has 1 aromatic carbocycles. The van der Waals surface area contributed by atoms with E-state index in [1.54, 1.807) is 24.5 Å². The monoisotopic (exact) mass is 218 g/mol. The Bertz CT molecular complexity index is 487. The predicted octanol–water partition coefficient (Wildman–Crippen LogP) is 2.01. The molecule has 0 bridgehead atoms. The van der Waals surface area contributed by atoms with Crippen LogP contribution in [0.4, 0.5) is 10.1 Å². The van der Waals surface area contributed by atoms with Gasteiger partial charge in [0.1, 0.15) is 5.82 Å². The lowest BCUT2D eigenvalue weighted by Crippen LogP contribution is -1.97. The molecule has 1 heterocycles. The molecule has 1 aromatic heterocycles. The second-order valence-electron chi connectivity index (χ2n) is 3.27. The number of nitrogens with one attached hydrogen (secondary N) is 1. The number of imidazole rings is 1. The summed E-state index contributed by atoms with van der Waals surface area (Å²) in [6, 6.07) is 5.98. The van der Waals surface area contributed by atoms with Crippen molar-refractivity contribution < 1.29 is 4.39 Å². The second kappa shape index (κ2) is 4.57. The van der Waals surface area contributed by atoms with Crippen molar-refractivity contribution in [2.75, 3.05) is 5.43 Å². The van der Waals surface area contributed by atoms with E-state index >= 15 is 0 Å². The fourth-order valence-corrected chi connectivity index (χ4v) is 1.19. The van der Waals surface area contributed by atoms with E-state index in [0.29, 0.717) is 0 Å². The van der Waals surface area contributed by atoms with Gasteiger partial charge in [0.05, 0.1) is 11.9 Å². The van der Waals surface area contributed by atoms with Crippen LogP contribution in [0.5, 0.6) is 0 Å². The Balaban J connectivity index is 2.00. The van der Waals surface area contributed by atoms with E-state index in [1.165, 1.54) is 12.1 Å². The van der Waals surface area contributed by atoms with E-state index in [-0.39, 0.29) is 5.82 Å². The molecule has 1 N–H and O–H groups in total. The molecule has 2 rings (SSSR count). The van der Waals surface area contributed by atoms with E-state index in [9.17, 15) is 4.39 Å². The van der Waals surface area contributed by atoms with E-state index < -0.39 is 0 Å². The van der Waals surface area contributed by atoms with Crippen LogP contribution in [0.1, 0.15) is 5.82 Å². The lowest BCUT2D eigenvalue weighted by Gasteiger charge is -1.99. The number of anilines is 1. The lowest BCUT2D eigenvalue weighted by molar-refractivity contribution is 0.628. The zero-order chi connectivity index (χ0) is 11.4. The summed E-state index contributed by atoms with van der Waals surface area (Å²) < 4.78 is 14.4. The molecule has 0 saturated carbocycles. The summed E-state index contributed by atoms with van der Waals surface area (Å²) >= 11 is 0. The predicted molar refractivity (Wildman–Crippen MR) is 60.8 cm³/mol. The molecular weight excluding hydrogens is 207 g/mol. The van der Waals surface area contributed by atoms with Crippen LogP contribution in [-0.2, 0) is 7.05 Å². The van der Waals surface area contributed by atoms with Crippen LogP contribution in [0.25, 0.3) is 0 Å². The minimum absolute atomic E-state index is 0.265. The van der Waals surface area contributed by atoms with Gasteiger partial charge in [0.25, 0.3) is 0 Å². The number of nitrogens with zero attached hydrogens (tertiary/aromatic N) is 3. The minimum Gasteiger partial charge on any atom is -0.333 e. The topological polar surface area (TPSA) is 42.2 Å². The summed E-state index contributed by atoms with van der Waals surface area (Å²) in [5.74, 6) is 0.480. The maximum atomic E-state index is 12.6. The fraction of sp³-hybridized carbons (Fsp3) is 0.0909. The average Bonchev–Trinajstić information content (AvgIpc) is 2.68. The molecule has 0 atom stereocenters. The van der Waals surface area contributed by atoms with E-state index in [1.807, 2.05) is 17.8 Å². The van der Waals surface area contributed by atoms with Crippen molar-refractivity contribution in [2.24, 2.45) is 12.1 Å². The van der Waals surface area contributed by atoms with E-state index in [0.717, 1.165) is 11.5 Å².